The molecule has 0 aliphatic carbocycles. The summed E-state index contributed by atoms with van der Waals surface area (Å²) in [7, 11) is 1.61. The Bertz CT molecular complexity index is 566. The summed E-state index contributed by atoms with van der Waals surface area (Å²) in [4.78, 5) is 25.7. The van der Waals surface area contributed by atoms with E-state index in [2.05, 4.69) is 5.32 Å². The van der Waals surface area contributed by atoms with Gasteiger partial charge in [-0.1, -0.05) is 11.6 Å². The maximum atomic E-state index is 13.2. The summed E-state index contributed by atoms with van der Waals surface area (Å²) >= 11 is 5.87. The number of piperidine rings is 1. The lowest BCUT2D eigenvalue weighted by molar-refractivity contribution is -0.144. The van der Waals surface area contributed by atoms with Crippen LogP contribution in [0.2, 0.25) is 5.02 Å². The molecule has 1 aromatic carbocycles. The van der Waals surface area contributed by atoms with Gasteiger partial charge in [0.2, 0.25) is 0 Å². The Morgan fingerprint density at radius 2 is 2.27 bits per heavy atom. The third kappa shape index (κ3) is 4.18. The molecule has 22 heavy (non-hydrogen) atoms. The Hall–Kier alpha value is -1.66. The Balaban J connectivity index is 1.99. The highest BCUT2D eigenvalue weighted by molar-refractivity contribution is 6.41. The summed E-state index contributed by atoms with van der Waals surface area (Å²) in [6, 6.07) is 3.59. The van der Waals surface area contributed by atoms with Crippen molar-refractivity contribution in [3.05, 3.63) is 29.0 Å². The third-order valence-corrected chi connectivity index (χ3v) is 3.91. The van der Waals surface area contributed by atoms with Gasteiger partial charge in [0.15, 0.2) is 0 Å². The van der Waals surface area contributed by atoms with E-state index in [-0.39, 0.29) is 16.6 Å². The number of hydrogen-bond donors (Lipinski definition) is 1. The molecule has 2 rings (SSSR count). The zero-order valence-electron chi connectivity index (χ0n) is 12.3. The first-order valence-corrected chi connectivity index (χ1v) is 7.43. The van der Waals surface area contributed by atoms with Gasteiger partial charge in [0, 0.05) is 20.2 Å². The van der Waals surface area contributed by atoms with Gasteiger partial charge in [-0.15, -0.1) is 0 Å². The molecule has 2 amide bonds. The standard InChI is InChI=1S/C15H18ClFN2O3/c1-22-9-10-3-2-6-19(8-10)15(21)14(20)18-13-7-11(17)4-5-12(13)16/h4-5,7,10H,2-3,6,8-9H2,1H3,(H,18,20)/t10-/m0/s1. The lowest BCUT2D eigenvalue weighted by Gasteiger charge is -2.31. The SMILES string of the molecule is COC[C@H]1CCCN(C(=O)C(=O)Nc2cc(F)ccc2Cl)C1. The van der Waals surface area contributed by atoms with Crippen molar-refractivity contribution in [1.29, 1.82) is 0 Å². The Labute approximate surface area is 133 Å². The van der Waals surface area contributed by atoms with Gasteiger partial charge in [0.05, 0.1) is 17.3 Å². The Morgan fingerprint density at radius 3 is 3.00 bits per heavy atom. The molecule has 1 aromatic rings. The number of benzene rings is 1. The van der Waals surface area contributed by atoms with E-state index in [9.17, 15) is 14.0 Å². The van der Waals surface area contributed by atoms with Gasteiger partial charge in [-0.25, -0.2) is 4.39 Å². The normalized spacial score (nSPS) is 18.1. The minimum Gasteiger partial charge on any atom is -0.384 e. The average molecular weight is 329 g/mol. The summed E-state index contributed by atoms with van der Waals surface area (Å²) < 4.78 is 18.3. The van der Waals surface area contributed by atoms with E-state index in [0.717, 1.165) is 18.9 Å². The molecule has 120 valence electrons. The molecular weight excluding hydrogens is 311 g/mol. The second-order valence-corrected chi connectivity index (χ2v) is 5.70. The molecule has 0 bridgehead atoms. The molecule has 0 aromatic heterocycles. The molecule has 7 heteroatoms. The van der Waals surface area contributed by atoms with E-state index in [1.807, 2.05) is 0 Å². The summed E-state index contributed by atoms with van der Waals surface area (Å²) in [5, 5.41) is 2.54. The van der Waals surface area contributed by atoms with Gasteiger partial charge in [-0.3, -0.25) is 9.59 Å². The van der Waals surface area contributed by atoms with Crippen LogP contribution in [0.3, 0.4) is 0 Å². The first-order valence-electron chi connectivity index (χ1n) is 7.05. The van der Waals surface area contributed by atoms with Gasteiger partial charge in [-0.2, -0.15) is 0 Å². The molecular formula is C15H18ClFN2O3. The number of likely N-dealkylation sites (tertiary alicyclic amines) is 1. The molecule has 1 aliphatic heterocycles. The van der Waals surface area contributed by atoms with E-state index >= 15 is 0 Å². The fraction of sp³-hybridized carbons (Fsp3) is 0.467. The Kier molecular flexibility index (Phi) is 5.74. The summed E-state index contributed by atoms with van der Waals surface area (Å²) in [6.45, 7) is 1.57. The fourth-order valence-corrected chi connectivity index (χ4v) is 2.70. The molecule has 1 N–H and O–H groups in total. The van der Waals surface area contributed by atoms with E-state index in [0.29, 0.717) is 19.7 Å². The van der Waals surface area contributed by atoms with Gasteiger partial charge in [0.25, 0.3) is 0 Å². The van der Waals surface area contributed by atoms with Crippen LogP contribution in [0.15, 0.2) is 18.2 Å². The fourth-order valence-electron chi connectivity index (χ4n) is 2.53. The van der Waals surface area contributed by atoms with Crippen molar-refractivity contribution < 1.29 is 18.7 Å². The zero-order valence-corrected chi connectivity index (χ0v) is 13.0. The molecule has 0 radical (unpaired) electrons. The summed E-state index contributed by atoms with van der Waals surface area (Å²) in [6.07, 6.45) is 1.79. The number of nitrogens with one attached hydrogen (secondary N) is 1. The molecule has 5 nitrogen and oxygen atoms in total. The lowest BCUT2D eigenvalue weighted by atomic mass is 9.99. The second kappa shape index (κ2) is 7.56. The molecule has 1 atom stereocenters. The highest BCUT2D eigenvalue weighted by Crippen LogP contribution is 2.23. The third-order valence-electron chi connectivity index (χ3n) is 3.58. The van der Waals surface area contributed by atoms with Crippen LogP contribution in [-0.4, -0.2) is 43.5 Å². The number of rotatable bonds is 3. The van der Waals surface area contributed by atoms with Crippen molar-refractivity contribution in [1.82, 2.24) is 4.90 Å². The van der Waals surface area contributed by atoms with Crippen molar-refractivity contribution in [2.45, 2.75) is 12.8 Å². The van der Waals surface area contributed by atoms with Crippen LogP contribution in [0.5, 0.6) is 0 Å². The largest absolute Gasteiger partial charge is 0.384 e. The number of anilines is 1. The lowest BCUT2D eigenvalue weighted by Crippen LogP contribution is -2.46. The highest BCUT2D eigenvalue weighted by Gasteiger charge is 2.28. The minimum atomic E-state index is -0.814. The molecule has 0 spiro atoms. The maximum absolute atomic E-state index is 13.2. The van der Waals surface area contributed by atoms with Crippen LogP contribution in [0.4, 0.5) is 10.1 Å². The van der Waals surface area contributed by atoms with E-state index < -0.39 is 17.6 Å². The average Bonchev–Trinajstić information content (AvgIpc) is 2.50. The number of methoxy groups -OCH3 is 1. The topological polar surface area (TPSA) is 58.6 Å². The molecule has 0 unspecified atom stereocenters. The quantitative estimate of drug-likeness (QED) is 0.866. The predicted octanol–water partition coefficient (Wildman–Crippen LogP) is 2.30. The number of carbonyl (C=O) groups is 2. The predicted molar refractivity (Wildman–Crippen MR) is 81.2 cm³/mol. The first kappa shape index (κ1) is 16.7. The number of amides is 2. The van der Waals surface area contributed by atoms with Crippen LogP contribution in [0.25, 0.3) is 0 Å². The number of nitrogens with zero attached hydrogens (tertiary/aromatic N) is 1. The van der Waals surface area contributed by atoms with Crippen molar-refractivity contribution >= 4 is 29.1 Å². The smallest absolute Gasteiger partial charge is 0.313 e. The van der Waals surface area contributed by atoms with Gasteiger partial charge in [-0.05, 0) is 37.0 Å². The highest BCUT2D eigenvalue weighted by atomic mass is 35.5. The van der Waals surface area contributed by atoms with Crippen LogP contribution < -0.4 is 5.32 Å². The van der Waals surface area contributed by atoms with Crippen LogP contribution in [0, 0.1) is 11.7 Å². The number of carbonyl (C=O) groups excluding carboxylic acids is 2. The van der Waals surface area contributed by atoms with Crippen LogP contribution in [0.1, 0.15) is 12.8 Å². The van der Waals surface area contributed by atoms with Crippen LogP contribution in [-0.2, 0) is 14.3 Å². The van der Waals surface area contributed by atoms with Crippen molar-refractivity contribution in [3.8, 4) is 0 Å². The molecule has 1 aliphatic rings. The number of halogens is 2. The minimum absolute atomic E-state index is 0.0884. The second-order valence-electron chi connectivity index (χ2n) is 5.29. The summed E-state index contributed by atoms with van der Waals surface area (Å²) in [5.41, 5.74) is 0.0884. The van der Waals surface area contributed by atoms with Gasteiger partial charge < -0.3 is 15.0 Å². The Morgan fingerprint density at radius 1 is 1.50 bits per heavy atom. The van der Waals surface area contributed by atoms with E-state index in [4.69, 9.17) is 16.3 Å². The molecule has 1 heterocycles. The zero-order chi connectivity index (χ0) is 16.1. The molecule has 1 fully saturated rings. The summed E-state index contributed by atoms with van der Waals surface area (Å²) in [5.74, 6) is -1.76. The van der Waals surface area contributed by atoms with Crippen molar-refractivity contribution in [2.75, 3.05) is 32.1 Å². The van der Waals surface area contributed by atoms with Gasteiger partial charge >= 0.3 is 11.8 Å². The molecule has 1 saturated heterocycles. The molecule has 0 saturated carbocycles. The van der Waals surface area contributed by atoms with E-state index in [1.54, 1.807) is 7.11 Å². The number of ether oxygens (including phenoxy) is 1. The van der Waals surface area contributed by atoms with Crippen molar-refractivity contribution in [2.24, 2.45) is 5.92 Å². The number of hydrogen-bond acceptors (Lipinski definition) is 3. The van der Waals surface area contributed by atoms with E-state index in [1.165, 1.54) is 17.0 Å². The maximum Gasteiger partial charge on any atom is 0.313 e. The van der Waals surface area contributed by atoms with Crippen LogP contribution >= 0.6 is 11.6 Å². The van der Waals surface area contributed by atoms with Gasteiger partial charge in [0.1, 0.15) is 5.82 Å². The monoisotopic (exact) mass is 328 g/mol. The van der Waals surface area contributed by atoms with Crippen molar-refractivity contribution in [3.63, 3.8) is 0 Å². The first-order chi connectivity index (χ1) is 10.5.